The number of morpholine rings is 1. The largest absolute Gasteiger partial charge is 0.444 e. The van der Waals surface area contributed by atoms with Crippen LogP contribution in [-0.2, 0) is 9.47 Å². The Morgan fingerprint density at radius 3 is 2.21 bits per heavy atom. The second-order valence-electron chi connectivity index (χ2n) is 9.22. The number of nitrogens with zero attached hydrogens (tertiary/aromatic N) is 2. The van der Waals surface area contributed by atoms with Crippen LogP contribution in [0.4, 0.5) is 4.79 Å². The monoisotopic (exact) mass is 527 g/mol. The lowest BCUT2D eigenvalue weighted by Crippen LogP contribution is -2.57. The molecule has 3 N–H and O–H groups in total. The molecule has 1 unspecified atom stereocenters. The van der Waals surface area contributed by atoms with Crippen molar-refractivity contribution >= 4 is 36.0 Å². The molecule has 29 heavy (non-hydrogen) atoms. The van der Waals surface area contributed by atoms with Gasteiger partial charge in [0.15, 0.2) is 5.96 Å². The van der Waals surface area contributed by atoms with Gasteiger partial charge in [-0.3, -0.25) is 9.89 Å². The van der Waals surface area contributed by atoms with Crippen LogP contribution in [0.5, 0.6) is 0 Å². The first-order valence-electron chi connectivity index (χ1n) is 10.2. The second-order valence-corrected chi connectivity index (χ2v) is 9.22. The molecule has 0 aliphatic carbocycles. The number of amides is 1. The molecule has 1 fully saturated rings. The number of carbonyl (C=O) groups excluding carboxylic acids is 1. The lowest BCUT2D eigenvalue weighted by Gasteiger charge is -2.41. The van der Waals surface area contributed by atoms with Crippen LogP contribution in [0.3, 0.4) is 0 Å². The van der Waals surface area contributed by atoms with E-state index in [9.17, 15) is 4.79 Å². The number of nitrogens with one attached hydrogen (secondary N) is 3. The zero-order valence-corrected chi connectivity index (χ0v) is 21.8. The van der Waals surface area contributed by atoms with Crippen molar-refractivity contribution in [1.29, 1.82) is 0 Å². The minimum atomic E-state index is -0.512. The summed E-state index contributed by atoms with van der Waals surface area (Å²) in [6.45, 7) is 18.9. The van der Waals surface area contributed by atoms with Gasteiger partial charge in [0.2, 0.25) is 0 Å². The summed E-state index contributed by atoms with van der Waals surface area (Å²) in [5.74, 6) is 0.973. The predicted molar refractivity (Wildman–Crippen MR) is 129 cm³/mol. The number of aliphatic imine (C=N–C) groups is 1. The lowest BCUT2D eigenvalue weighted by molar-refractivity contribution is -0.00834. The van der Waals surface area contributed by atoms with Crippen molar-refractivity contribution in [2.24, 2.45) is 10.9 Å². The van der Waals surface area contributed by atoms with Crippen LogP contribution in [0.2, 0.25) is 0 Å². The number of guanidine groups is 1. The molecule has 1 amide bonds. The van der Waals surface area contributed by atoms with E-state index in [2.05, 4.69) is 53.5 Å². The van der Waals surface area contributed by atoms with Crippen LogP contribution in [0.1, 0.15) is 48.5 Å². The number of carbonyl (C=O) groups is 1. The van der Waals surface area contributed by atoms with Crippen molar-refractivity contribution in [1.82, 2.24) is 20.9 Å². The first-order valence-corrected chi connectivity index (χ1v) is 10.2. The fourth-order valence-corrected chi connectivity index (χ4v) is 2.92. The topological polar surface area (TPSA) is 87.2 Å². The van der Waals surface area contributed by atoms with Gasteiger partial charge in [-0.2, -0.15) is 0 Å². The van der Waals surface area contributed by atoms with Crippen molar-refractivity contribution in [3.05, 3.63) is 0 Å². The van der Waals surface area contributed by atoms with Gasteiger partial charge in [-0.1, -0.05) is 13.8 Å². The third-order valence-electron chi connectivity index (χ3n) is 4.78. The van der Waals surface area contributed by atoms with E-state index in [4.69, 9.17) is 9.47 Å². The molecule has 1 heterocycles. The smallest absolute Gasteiger partial charge is 0.407 e. The number of alkyl carbamates (subject to hydrolysis) is 1. The van der Waals surface area contributed by atoms with Crippen LogP contribution in [0.25, 0.3) is 0 Å². The van der Waals surface area contributed by atoms with Gasteiger partial charge in [-0.25, -0.2) is 4.79 Å². The quantitative estimate of drug-likeness (QED) is 0.268. The van der Waals surface area contributed by atoms with E-state index < -0.39 is 11.7 Å². The van der Waals surface area contributed by atoms with Gasteiger partial charge in [0.05, 0.1) is 19.3 Å². The van der Waals surface area contributed by atoms with Crippen molar-refractivity contribution in [2.75, 3.05) is 46.4 Å². The summed E-state index contributed by atoms with van der Waals surface area (Å²) in [7, 11) is 1.75. The van der Waals surface area contributed by atoms with E-state index in [0.29, 0.717) is 6.54 Å². The van der Waals surface area contributed by atoms with Crippen LogP contribution in [0.15, 0.2) is 4.99 Å². The Balaban J connectivity index is 0.00000784. The molecular weight excluding hydrogens is 485 g/mol. The molecule has 0 spiro atoms. The molecule has 8 nitrogen and oxygen atoms in total. The molecule has 0 aromatic heterocycles. The zero-order chi connectivity index (χ0) is 21.4. The van der Waals surface area contributed by atoms with Crippen molar-refractivity contribution in [3.8, 4) is 0 Å². The number of ether oxygens (including phenoxy) is 2. The molecule has 1 rings (SSSR count). The molecule has 1 aliphatic heterocycles. The summed E-state index contributed by atoms with van der Waals surface area (Å²) in [4.78, 5) is 18.8. The Morgan fingerprint density at radius 1 is 1.14 bits per heavy atom. The first-order chi connectivity index (χ1) is 12.9. The summed E-state index contributed by atoms with van der Waals surface area (Å²) in [6.07, 6.45) is -0.399. The van der Waals surface area contributed by atoms with E-state index >= 15 is 0 Å². The third-order valence-corrected chi connectivity index (χ3v) is 4.78. The fourth-order valence-electron chi connectivity index (χ4n) is 2.92. The summed E-state index contributed by atoms with van der Waals surface area (Å²) in [5, 5.41) is 9.67. The molecule has 0 saturated carbocycles. The Morgan fingerprint density at radius 2 is 1.72 bits per heavy atom. The van der Waals surface area contributed by atoms with Gasteiger partial charge < -0.3 is 25.4 Å². The minimum absolute atomic E-state index is 0. The highest BCUT2D eigenvalue weighted by molar-refractivity contribution is 14.0. The standard InChI is InChI=1S/C20H41N5O3.HI/c1-15(2)16(24-18(26)28-19(3,4)5)13-22-17(21-8)23-14-20(6,7)25-9-11-27-12-10-25;/h15-16H,9-14H2,1-8H3,(H,24,26)(H2,21,22,23);1H. The second kappa shape index (κ2) is 12.8. The summed E-state index contributed by atoms with van der Waals surface area (Å²) < 4.78 is 10.8. The summed E-state index contributed by atoms with van der Waals surface area (Å²) >= 11 is 0. The van der Waals surface area contributed by atoms with Gasteiger partial charge in [0, 0.05) is 38.8 Å². The van der Waals surface area contributed by atoms with Crippen molar-refractivity contribution in [2.45, 2.75) is 65.6 Å². The van der Waals surface area contributed by atoms with E-state index in [1.54, 1.807) is 7.05 Å². The van der Waals surface area contributed by atoms with Gasteiger partial charge in [0.25, 0.3) is 0 Å². The summed E-state index contributed by atoms with van der Waals surface area (Å²) in [5.41, 5.74) is -0.519. The Labute approximate surface area is 194 Å². The minimum Gasteiger partial charge on any atom is -0.444 e. The van der Waals surface area contributed by atoms with Gasteiger partial charge in [-0.05, 0) is 40.5 Å². The normalized spacial score (nSPS) is 17.3. The van der Waals surface area contributed by atoms with Crippen LogP contribution in [-0.4, -0.2) is 80.6 Å². The van der Waals surface area contributed by atoms with Gasteiger partial charge in [-0.15, -0.1) is 24.0 Å². The van der Waals surface area contributed by atoms with E-state index in [1.165, 1.54) is 0 Å². The molecule has 9 heteroatoms. The number of hydrogen-bond donors (Lipinski definition) is 3. The lowest BCUT2D eigenvalue weighted by atomic mass is 10.0. The van der Waals surface area contributed by atoms with Crippen molar-refractivity contribution < 1.29 is 14.3 Å². The highest BCUT2D eigenvalue weighted by atomic mass is 127. The molecule has 0 aromatic carbocycles. The summed E-state index contributed by atoms with van der Waals surface area (Å²) in [6, 6.07) is -0.0688. The Hall–Kier alpha value is -0.810. The maximum atomic E-state index is 12.1. The SMILES string of the molecule is CN=C(NCC(NC(=O)OC(C)(C)C)C(C)C)NCC(C)(C)N1CCOCC1.I. The first kappa shape index (κ1) is 28.2. The molecular formula is C20H42IN5O3. The maximum absolute atomic E-state index is 12.1. The highest BCUT2D eigenvalue weighted by Gasteiger charge is 2.28. The zero-order valence-electron chi connectivity index (χ0n) is 19.4. The Kier molecular flexibility index (Phi) is 12.4. The van der Waals surface area contributed by atoms with Gasteiger partial charge >= 0.3 is 6.09 Å². The van der Waals surface area contributed by atoms with E-state index in [-0.39, 0.29) is 41.5 Å². The highest BCUT2D eigenvalue weighted by Crippen LogP contribution is 2.15. The molecule has 1 saturated heterocycles. The molecule has 1 atom stereocenters. The van der Waals surface area contributed by atoms with E-state index in [1.807, 2.05) is 20.8 Å². The predicted octanol–water partition coefficient (Wildman–Crippen LogP) is 2.43. The fraction of sp³-hybridized carbons (Fsp3) is 0.900. The maximum Gasteiger partial charge on any atom is 0.407 e. The third kappa shape index (κ3) is 11.2. The number of hydrogen-bond acceptors (Lipinski definition) is 5. The number of rotatable bonds is 7. The van der Waals surface area contributed by atoms with Crippen LogP contribution >= 0.6 is 24.0 Å². The average molecular weight is 527 g/mol. The van der Waals surface area contributed by atoms with Crippen LogP contribution in [0, 0.1) is 5.92 Å². The molecule has 0 radical (unpaired) electrons. The van der Waals surface area contributed by atoms with Crippen LogP contribution < -0.4 is 16.0 Å². The average Bonchev–Trinajstić information content (AvgIpc) is 2.59. The number of halogens is 1. The molecule has 0 bridgehead atoms. The van der Waals surface area contributed by atoms with E-state index in [0.717, 1.165) is 38.8 Å². The van der Waals surface area contributed by atoms with Gasteiger partial charge in [0.1, 0.15) is 5.60 Å². The molecule has 1 aliphatic rings. The molecule has 172 valence electrons. The Bertz CT molecular complexity index is 515. The molecule has 0 aromatic rings. The van der Waals surface area contributed by atoms with Crippen molar-refractivity contribution in [3.63, 3.8) is 0 Å².